The summed E-state index contributed by atoms with van der Waals surface area (Å²) in [5, 5.41) is 7.40. The van der Waals surface area contributed by atoms with Crippen molar-refractivity contribution in [1.29, 1.82) is 0 Å². The summed E-state index contributed by atoms with van der Waals surface area (Å²) in [6.07, 6.45) is 2.46. The number of ether oxygens (including phenoxy) is 3. The minimum Gasteiger partial charge on any atom is -0.369 e. The molecular weight excluding hydrogens is 490 g/mol. The minimum atomic E-state index is -0.867. The van der Waals surface area contributed by atoms with E-state index in [0.29, 0.717) is 51.6 Å². The Morgan fingerprint density at radius 2 is 1.11 bits per heavy atom. The molecule has 0 saturated heterocycles. The summed E-state index contributed by atoms with van der Waals surface area (Å²) < 4.78 is 16.1. The second-order valence-corrected chi connectivity index (χ2v) is 8.25. The van der Waals surface area contributed by atoms with Gasteiger partial charge in [-0.15, -0.1) is 0 Å². The number of nitrogens with two attached hydrogens (primary N) is 4. The average molecular weight is 534 g/mol. The molecule has 15 heteroatoms. The highest BCUT2D eigenvalue weighted by Crippen LogP contribution is 2.02. The molecule has 0 aromatic rings. The van der Waals surface area contributed by atoms with E-state index in [0.717, 1.165) is 0 Å². The normalized spacial score (nSPS) is 13.3. The van der Waals surface area contributed by atoms with Crippen molar-refractivity contribution in [2.45, 2.75) is 56.7 Å². The third-order valence-electron chi connectivity index (χ3n) is 5.05. The van der Waals surface area contributed by atoms with Crippen molar-refractivity contribution >= 4 is 29.5 Å². The van der Waals surface area contributed by atoms with E-state index in [1.165, 1.54) is 7.05 Å². The van der Waals surface area contributed by atoms with Gasteiger partial charge in [0, 0.05) is 7.05 Å². The SMILES string of the molecule is CNC(=O)COCC(COCC(=O)NC(CCCCN)C(N)=O)OCC(=O)NC(CCCCN)C(N)=O. The minimum absolute atomic E-state index is 0.124. The van der Waals surface area contributed by atoms with Crippen molar-refractivity contribution in [3.05, 3.63) is 0 Å². The number of likely N-dealkylation sites (N-methyl/N-ethyl adjacent to an activating group) is 1. The number of hydrogen-bond acceptors (Lipinski definition) is 10. The van der Waals surface area contributed by atoms with Crippen LogP contribution in [0.5, 0.6) is 0 Å². The van der Waals surface area contributed by atoms with Gasteiger partial charge in [-0.2, -0.15) is 0 Å². The molecule has 0 heterocycles. The first-order valence-electron chi connectivity index (χ1n) is 12.2. The van der Waals surface area contributed by atoms with Gasteiger partial charge < -0.3 is 53.1 Å². The maximum Gasteiger partial charge on any atom is 0.246 e. The first kappa shape index (κ1) is 34.1. The fraction of sp³-hybridized carbons (Fsp3) is 0.773. The maximum absolute atomic E-state index is 12.3. The number of carbonyl (C=O) groups excluding carboxylic acids is 5. The summed E-state index contributed by atoms with van der Waals surface area (Å²) >= 11 is 0. The van der Waals surface area contributed by atoms with Crippen molar-refractivity contribution in [3.63, 3.8) is 0 Å². The largest absolute Gasteiger partial charge is 0.369 e. The van der Waals surface area contributed by atoms with E-state index >= 15 is 0 Å². The van der Waals surface area contributed by atoms with Gasteiger partial charge >= 0.3 is 0 Å². The second kappa shape index (κ2) is 21.3. The summed E-state index contributed by atoms with van der Waals surface area (Å²) in [5.74, 6) is -2.88. The molecular formula is C22H43N7O8. The van der Waals surface area contributed by atoms with Crippen LogP contribution in [0.2, 0.25) is 0 Å². The summed E-state index contributed by atoms with van der Waals surface area (Å²) in [7, 11) is 1.45. The summed E-state index contributed by atoms with van der Waals surface area (Å²) in [5.41, 5.74) is 21.5. The van der Waals surface area contributed by atoms with E-state index in [9.17, 15) is 24.0 Å². The number of primary amides is 2. The fourth-order valence-corrected chi connectivity index (χ4v) is 3.00. The molecule has 0 radical (unpaired) electrons. The third kappa shape index (κ3) is 18.1. The summed E-state index contributed by atoms with van der Waals surface area (Å²) in [6.45, 7) is -0.490. The number of amides is 5. The van der Waals surface area contributed by atoms with E-state index in [-0.39, 0.29) is 25.7 Å². The predicted octanol–water partition coefficient (Wildman–Crippen LogP) is -3.65. The zero-order valence-electron chi connectivity index (χ0n) is 21.5. The van der Waals surface area contributed by atoms with Crippen molar-refractivity contribution in [2.24, 2.45) is 22.9 Å². The number of hydrogen-bond donors (Lipinski definition) is 7. The van der Waals surface area contributed by atoms with Crippen molar-refractivity contribution in [1.82, 2.24) is 16.0 Å². The van der Waals surface area contributed by atoms with Gasteiger partial charge in [0.05, 0.1) is 13.2 Å². The molecule has 0 aliphatic carbocycles. The van der Waals surface area contributed by atoms with Crippen LogP contribution in [0.1, 0.15) is 38.5 Å². The molecule has 0 fully saturated rings. The zero-order valence-corrected chi connectivity index (χ0v) is 21.5. The molecule has 0 aliphatic heterocycles. The molecule has 214 valence electrons. The van der Waals surface area contributed by atoms with E-state index in [2.05, 4.69) is 16.0 Å². The highest BCUT2D eigenvalue weighted by atomic mass is 16.6. The van der Waals surface area contributed by atoms with E-state index < -0.39 is 55.0 Å². The molecule has 15 nitrogen and oxygen atoms in total. The highest BCUT2D eigenvalue weighted by Gasteiger charge is 2.21. The first-order valence-corrected chi connectivity index (χ1v) is 12.2. The fourth-order valence-electron chi connectivity index (χ4n) is 3.00. The van der Waals surface area contributed by atoms with Crippen LogP contribution in [-0.4, -0.2) is 101 Å². The molecule has 0 aromatic carbocycles. The van der Waals surface area contributed by atoms with Crippen LogP contribution in [0.3, 0.4) is 0 Å². The smallest absolute Gasteiger partial charge is 0.246 e. The predicted molar refractivity (Wildman–Crippen MR) is 134 cm³/mol. The van der Waals surface area contributed by atoms with Crippen LogP contribution in [0.4, 0.5) is 0 Å². The Hall–Kier alpha value is -2.85. The van der Waals surface area contributed by atoms with Gasteiger partial charge in [0.2, 0.25) is 29.5 Å². The molecule has 0 aromatic heterocycles. The van der Waals surface area contributed by atoms with E-state index in [4.69, 9.17) is 37.1 Å². The first-order chi connectivity index (χ1) is 17.6. The van der Waals surface area contributed by atoms with Crippen LogP contribution in [0, 0.1) is 0 Å². The Labute approximate surface area is 217 Å². The lowest BCUT2D eigenvalue weighted by Crippen LogP contribution is -2.46. The molecule has 0 rings (SSSR count). The van der Waals surface area contributed by atoms with Crippen LogP contribution >= 0.6 is 0 Å². The number of unbranched alkanes of at least 4 members (excludes halogenated alkanes) is 2. The van der Waals surface area contributed by atoms with Crippen LogP contribution in [0.25, 0.3) is 0 Å². The average Bonchev–Trinajstić information content (AvgIpc) is 2.85. The van der Waals surface area contributed by atoms with Crippen molar-refractivity contribution in [2.75, 3.05) is 53.2 Å². The standard InChI is InChI=1S/C22H43N7O8/c1-27-18(30)12-35-10-15(37-14-20(32)29-17(22(26)34)7-3-5-9-24)11-36-13-19(31)28-16(21(25)33)6-2-4-8-23/h15-17H,2-14,23-24H2,1H3,(H2,25,33)(H2,26,34)(H,27,30)(H,28,31)(H,29,32). The molecule has 0 saturated carbocycles. The summed E-state index contributed by atoms with van der Waals surface area (Å²) in [6, 6.07) is -1.72. The van der Waals surface area contributed by atoms with Crippen LogP contribution in [0.15, 0.2) is 0 Å². The topological polar surface area (TPSA) is 253 Å². The van der Waals surface area contributed by atoms with Crippen LogP contribution < -0.4 is 38.9 Å². The van der Waals surface area contributed by atoms with Gasteiger partial charge in [-0.3, -0.25) is 24.0 Å². The lowest BCUT2D eigenvalue weighted by Gasteiger charge is -2.20. The molecule has 37 heavy (non-hydrogen) atoms. The highest BCUT2D eigenvalue weighted by molar-refractivity contribution is 5.87. The summed E-state index contributed by atoms with van der Waals surface area (Å²) in [4.78, 5) is 58.9. The maximum atomic E-state index is 12.3. The Kier molecular flexibility index (Phi) is 19.6. The monoisotopic (exact) mass is 533 g/mol. The van der Waals surface area contributed by atoms with Gasteiger partial charge in [0.15, 0.2) is 0 Å². The number of carbonyl (C=O) groups is 5. The van der Waals surface area contributed by atoms with E-state index in [1.807, 2.05) is 0 Å². The lowest BCUT2D eigenvalue weighted by atomic mass is 10.1. The Balaban J connectivity index is 4.77. The van der Waals surface area contributed by atoms with Gasteiger partial charge in [-0.05, 0) is 51.6 Å². The molecule has 0 spiro atoms. The Bertz CT molecular complexity index is 711. The zero-order chi connectivity index (χ0) is 28.1. The van der Waals surface area contributed by atoms with Crippen molar-refractivity contribution < 1.29 is 38.2 Å². The Morgan fingerprint density at radius 3 is 1.51 bits per heavy atom. The lowest BCUT2D eigenvalue weighted by molar-refractivity contribution is -0.139. The molecule has 3 unspecified atom stereocenters. The molecule has 0 aliphatic rings. The van der Waals surface area contributed by atoms with Crippen LogP contribution in [-0.2, 0) is 38.2 Å². The van der Waals surface area contributed by atoms with Gasteiger partial charge in [-0.1, -0.05) is 0 Å². The number of nitrogens with one attached hydrogen (secondary N) is 3. The molecule has 11 N–H and O–H groups in total. The van der Waals surface area contributed by atoms with Gasteiger partial charge in [0.25, 0.3) is 0 Å². The number of rotatable bonds is 23. The van der Waals surface area contributed by atoms with Gasteiger partial charge in [0.1, 0.15) is 38.0 Å². The molecule has 5 amide bonds. The second-order valence-electron chi connectivity index (χ2n) is 8.25. The van der Waals surface area contributed by atoms with Gasteiger partial charge in [-0.25, -0.2) is 0 Å². The van der Waals surface area contributed by atoms with Crippen molar-refractivity contribution in [3.8, 4) is 0 Å². The quantitative estimate of drug-likeness (QED) is 0.0634. The molecule has 0 bridgehead atoms. The molecule has 3 atom stereocenters. The Morgan fingerprint density at radius 1 is 0.676 bits per heavy atom. The third-order valence-corrected chi connectivity index (χ3v) is 5.05. The van der Waals surface area contributed by atoms with E-state index in [1.54, 1.807) is 0 Å².